The van der Waals surface area contributed by atoms with Crippen molar-refractivity contribution in [3.05, 3.63) is 71.4 Å². The average molecular weight is 417 g/mol. The molecule has 156 valence electrons. The van der Waals surface area contributed by atoms with E-state index in [4.69, 9.17) is 0 Å². The molecule has 0 aliphatic heterocycles. The Bertz CT molecular complexity index is 993. The van der Waals surface area contributed by atoms with Crippen molar-refractivity contribution in [2.24, 2.45) is 0 Å². The maximum atomic E-state index is 13.2. The Kier molecular flexibility index (Phi) is 5.17. The molecule has 1 heterocycles. The van der Waals surface area contributed by atoms with Gasteiger partial charge in [-0.05, 0) is 30.7 Å². The van der Waals surface area contributed by atoms with Gasteiger partial charge < -0.3 is 14.8 Å². The van der Waals surface area contributed by atoms with Gasteiger partial charge in [-0.3, -0.25) is 0 Å². The summed E-state index contributed by atoms with van der Waals surface area (Å²) >= 11 is 0. The van der Waals surface area contributed by atoms with E-state index in [0.29, 0.717) is 23.3 Å². The second kappa shape index (κ2) is 7.07. The predicted octanol–water partition coefficient (Wildman–Crippen LogP) is 4.84. The number of fused-ring (bicyclic) bond motifs is 1. The normalized spacial score (nSPS) is 14.4. The van der Waals surface area contributed by atoms with Gasteiger partial charge in [0.1, 0.15) is 0 Å². The van der Waals surface area contributed by atoms with Gasteiger partial charge in [-0.25, -0.2) is 0 Å². The molecule has 3 nitrogen and oxygen atoms in total. The first-order valence-electron chi connectivity index (χ1n) is 8.55. The van der Waals surface area contributed by atoms with Crippen LogP contribution in [0.2, 0.25) is 0 Å². The predicted molar refractivity (Wildman–Crippen MR) is 94.3 cm³/mol. The third-order valence-electron chi connectivity index (χ3n) is 4.94. The van der Waals surface area contributed by atoms with Gasteiger partial charge >= 0.3 is 12.4 Å². The van der Waals surface area contributed by atoms with Crippen molar-refractivity contribution >= 4 is 10.9 Å². The van der Waals surface area contributed by atoms with Crippen molar-refractivity contribution < 1.29 is 36.6 Å². The van der Waals surface area contributed by atoms with E-state index in [-0.39, 0.29) is 12.0 Å². The van der Waals surface area contributed by atoms with E-state index in [1.54, 1.807) is 41.8 Å². The number of aliphatic hydroxyl groups is 2. The molecule has 0 amide bonds. The summed E-state index contributed by atoms with van der Waals surface area (Å²) in [6.45, 7) is 1.30. The van der Waals surface area contributed by atoms with E-state index < -0.39 is 29.6 Å². The van der Waals surface area contributed by atoms with Gasteiger partial charge in [0.2, 0.25) is 0 Å². The number of benzene rings is 2. The minimum absolute atomic E-state index is 0.0845. The van der Waals surface area contributed by atoms with Crippen LogP contribution in [0.15, 0.2) is 54.6 Å². The highest BCUT2D eigenvalue weighted by molar-refractivity contribution is 5.82. The molecule has 3 rings (SSSR count). The highest BCUT2D eigenvalue weighted by Gasteiger charge is 2.71. The summed E-state index contributed by atoms with van der Waals surface area (Å²) in [5.74, 6) is 0. The van der Waals surface area contributed by atoms with E-state index >= 15 is 0 Å². The number of halogens is 6. The van der Waals surface area contributed by atoms with Crippen LogP contribution in [0.1, 0.15) is 22.9 Å². The Labute approximate surface area is 161 Å². The van der Waals surface area contributed by atoms with Crippen LogP contribution in [0.3, 0.4) is 0 Å². The molecular formula is C20H17F6NO2. The zero-order valence-electron chi connectivity index (χ0n) is 15.1. The lowest BCUT2D eigenvalue weighted by atomic mass is 9.91. The molecule has 0 saturated carbocycles. The van der Waals surface area contributed by atoms with E-state index in [1.807, 2.05) is 0 Å². The molecule has 2 N–H and O–H groups in total. The topological polar surface area (TPSA) is 45.4 Å². The Morgan fingerprint density at radius 3 is 2.00 bits per heavy atom. The molecule has 9 heteroatoms. The standard InChI is InChI=1S/C20H17F6NO2/c1-12-9-14-10-15(18(29,19(21,22)23)20(24,25)26)7-8-16(14)27(12)17(11-28)13-5-3-2-4-6-13/h2-10,17,28-29H,11H2,1H3. The van der Waals surface area contributed by atoms with Gasteiger partial charge in [0, 0.05) is 22.2 Å². The molecule has 2 aromatic carbocycles. The Balaban J connectivity index is 2.19. The zero-order valence-corrected chi connectivity index (χ0v) is 15.1. The molecule has 0 spiro atoms. The third kappa shape index (κ3) is 3.38. The van der Waals surface area contributed by atoms with Gasteiger partial charge in [-0.2, -0.15) is 26.3 Å². The van der Waals surface area contributed by atoms with Crippen LogP contribution in [0.4, 0.5) is 26.3 Å². The second-order valence-corrected chi connectivity index (χ2v) is 6.74. The van der Waals surface area contributed by atoms with Gasteiger partial charge in [-0.1, -0.05) is 36.4 Å². The lowest BCUT2D eigenvalue weighted by molar-refractivity contribution is -0.376. The molecule has 1 atom stereocenters. The van der Waals surface area contributed by atoms with Crippen LogP contribution in [0.5, 0.6) is 0 Å². The quantitative estimate of drug-likeness (QED) is 0.597. The lowest BCUT2D eigenvalue weighted by Gasteiger charge is -2.32. The second-order valence-electron chi connectivity index (χ2n) is 6.74. The van der Waals surface area contributed by atoms with E-state index in [0.717, 1.165) is 11.6 Å². The van der Waals surface area contributed by atoms with Crippen LogP contribution < -0.4 is 0 Å². The van der Waals surface area contributed by atoms with Crippen LogP contribution in [0, 0.1) is 6.92 Å². The first-order valence-corrected chi connectivity index (χ1v) is 8.55. The molecule has 0 aliphatic rings. The van der Waals surface area contributed by atoms with E-state index in [1.165, 1.54) is 6.07 Å². The first-order chi connectivity index (χ1) is 13.4. The van der Waals surface area contributed by atoms with Crippen molar-refractivity contribution in [1.29, 1.82) is 0 Å². The summed E-state index contributed by atoms with van der Waals surface area (Å²) in [4.78, 5) is 0. The molecule has 0 bridgehead atoms. The Hall–Kier alpha value is -2.52. The molecule has 0 radical (unpaired) electrons. The number of rotatable bonds is 4. The highest BCUT2D eigenvalue weighted by Crippen LogP contribution is 2.50. The maximum absolute atomic E-state index is 13.2. The van der Waals surface area contributed by atoms with Gasteiger partial charge in [0.25, 0.3) is 5.60 Å². The SMILES string of the molecule is Cc1cc2cc(C(O)(C(F)(F)F)C(F)(F)F)ccc2n1C(CO)c1ccccc1. The number of aromatic nitrogens is 1. The number of hydrogen-bond donors (Lipinski definition) is 2. The molecule has 1 unspecified atom stereocenters. The summed E-state index contributed by atoms with van der Waals surface area (Å²) in [5.41, 5.74) is -4.72. The molecule has 3 aromatic rings. The number of nitrogens with zero attached hydrogens (tertiary/aromatic N) is 1. The first kappa shape index (κ1) is 21.2. The smallest absolute Gasteiger partial charge is 0.394 e. The fourth-order valence-corrected chi connectivity index (χ4v) is 3.51. The summed E-state index contributed by atoms with van der Waals surface area (Å²) in [6, 6.07) is 12.0. The van der Waals surface area contributed by atoms with Crippen molar-refractivity contribution in [3.63, 3.8) is 0 Å². The fraction of sp³-hybridized carbons (Fsp3) is 0.300. The number of alkyl halides is 6. The molecule has 0 saturated heterocycles. The molecular weight excluding hydrogens is 400 g/mol. The monoisotopic (exact) mass is 417 g/mol. The van der Waals surface area contributed by atoms with Gasteiger partial charge in [0.05, 0.1) is 12.6 Å². The van der Waals surface area contributed by atoms with Gasteiger partial charge in [-0.15, -0.1) is 0 Å². The van der Waals surface area contributed by atoms with E-state index in [2.05, 4.69) is 0 Å². The van der Waals surface area contributed by atoms with Gasteiger partial charge in [0.15, 0.2) is 0 Å². The van der Waals surface area contributed by atoms with Crippen molar-refractivity contribution in [1.82, 2.24) is 4.57 Å². The minimum atomic E-state index is -5.95. The fourth-order valence-electron chi connectivity index (χ4n) is 3.51. The molecule has 29 heavy (non-hydrogen) atoms. The summed E-state index contributed by atoms with van der Waals surface area (Å²) in [5, 5.41) is 19.6. The average Bonchev–Trinajstić information content (AvgIpc) is 2.96. The summed E-state index contributed by atoms with van der Waals surface area (Å²) in [6.07, 6.45) is -11.9. The molecule has 0 aliphatic carbocycles. The lowest BCUT2D eigenvalue weighted by Crippen LogP contribution is -2.53. The Morgan fingerprint density at radius 2 is 1.48 bits per heavy atom. The van der Waals surface area contributed by atoms with Crippen LogP contribution in [-0.2, 0) is 5.60 Å². The molecule has 0 fully saturated rings. The number of hydrogen-bond acceptors (Lipinski definition) is 2. The third-order valence-corrected chi connectivity index (χ3v) is 4.94. The largest absolute Gasteiger partial charge is 0.430 e. The van der Waals surface area contributed by atoms with Crippen LogP contribution >= 0.6 is 0 Å². The Morgan fingerprint density at radius 1 is 0.897 bits per heavy atom. The zero-order chi connectivity index (χ0) is 21.6. The van der Waals surface area contributed by atoms with Crippen molar-refractivity contribution in [3.8, 4) is 0 Å². The summed E-state index contributed by atoms with van der Waals surface area (Å²) in [7, 11) is 0. The maximum Gasteiger partial charge on any atom is 0.430 e. The minimum Gasteiger partial charge on any atom is -0.394 e. The van der Waals surface area contributed by atoms with E-state index in [9.17, 15) is 36.6 Å². The number of aryl methyl sites for hydroxylation is 1. The van der Waals surface area contributed by atoms with Crippen molar-refractivity contribution in [2.45, 2.75) is 30.9 Å². The highest BCUT2D eigenvalue weighted by atomic mass is 19.4. The van der Waals surface area contributed by atoms with Crippen LogP contribution in [0.25, 0.3) is 10.9 Å². The van der Waals surface area contributed by atoms with Crippen LogP contribution in [-0.4, -0.2) is 33.7 Å². The van der Waals surface area contributed by atoms with Crippen molar-refractivity contribution in [2.75, 3.05) is 6.61 Å². The summed E-state index contributed by atoms with van der Waals surface area (Å²) < 4.78 is 80.6. The molecule has 1 aromatic heterocycles. The number of aliphatic hydroxyl groups excluding tert-OH is 1.